The number of hydrogen-bond donors (Lipinski definition) is 3. The van der Waals surface area contributed by atoms with Gasteiger partial charge in [-0.25, -0.2) is 4.39 Å². The highest BCUT2D eigenvalue weighted by Gasteiger charge is 2.17. The van der Waals surface area contributed by atoms with Crippen molar-refractivity contribution in [3.05, 3.63) is 58.9 Å². The molecule has 0 saturated heterocycles. The Morgan fingerprint density at radius 2 is 1.79 bits per heavy atom. The van der Waals surface area contributed by atoms with E-state index >= 15 is 0 Å². The van der Waals surface area contributed by atoms with Crippen molar-refractivity contribution in [3.8, 4) is 11.1 Å². The van der Waals surface area contributed by atoms with Crippen molar-refractivity contribution in [2.75, 3.05) is 11.9 Å². The Labute approximate surface area is 143 Å². The fraction of sp³-hybridized carbons (Fsp3) is 0.263. The summed E-state index contributed by atoms with van der Waals surface area (Å²) in [5.74, 6) is -0.308. The van der Waals surface area contributed by atoms with Crippen molar-refractivity contribution >= 4 is 18.3 Å². The quantitative estimate of drug-likeness (QED) is 0.584. The summed E-state index contributed by atoms with van der Waals surface area (Å²) in [5.41, 5.74) is 5.15. The molecular weight excluding hydrogens is 304 g/mol. The van der Waals surface area contributed by atoms with Crippen LogP contribution in [0, 0.1) is 19.7 Å². The lowest BCUT2D eigenvalue weighted by Gasteiger charge is -2.14. The van der Waals surface area contributed by atoms with Crippen molar-refractivity contribution in [1.29, 1.82) is 0 Å². The second-order valence-corrected chi connectivity index (χ2v) is 6.25. The second kappa shape index (κ2) is 7.64. The summed E-state index contributed by atoms with van der Waals surface area (Å²) in [5, 5.41) is 21.9. The first kappa shape index (κ1) is 18.2. The third-order valence-corrected chi connectivity index (χ3v) is 3.97. The van der Waals surface area contributed by atoms with Crippen LogP contribution in [0.15, 0.2) is 42.0 Å². The van der Waals surface area contributed by atoms with Crippen molar-refractivity contribution < 1.29 is 14.4 Å². The lowest BCUT2D eigenvalue weighted by atomic mass is 9.75. The van der Waals surface area contributed by atoms with Crippen molar-refractivity contribution in [2.45, 2.75) is 27.7 Å². The zero-order valence-electron chi connectivity index (χ0n) is 14.5. The van der Waals surface area contributed by atoms with Crippen LogP contribution in [0.2, 0.25) is 0 Å². The maximum Gasteiger partial charge on any atom is 0.488 e. The molecule has 3 nitrogen and oxygen atoms in total. The molecule has 2 rings (SSSR count). The Hall–Kier alpha value is -2.11. The van der Waals surface area contributed by atoms with E-state index in [1.807, 2.05) is 32.9 Å². The van der Waals surface area contributed by atoms with Crippen LogP contribution < -0.4 is 10.8 Å². The normalized spacial score (nSPS) is 10.5. The van der Waals surface area contributed by atoms with Crippen LogP contribution in [0.1, 0.15) is 25.0 Å². The number of allylic oxidation sites excluding steroid dienone is 1. The van der Waals surface area contributed by atoms with E-state index in [9.17, 15) is 14.4 Å². The van der Waals surface area contributed by atoms with E-state index < -0.39 is 7.12 Å². The Balaban J connectivity index is 2.33. The molecule has 2 aromatic carbocycles. The monoisotopic (exact) mass is 327 g/mol. The smallest absolute Gasteiger partial charge is 0.423 e. The van der Waals surface area contributed by atoms with E-state index in [0.717, 1.165) is 22.4 Å². The lowest BCUT2D eigenvalue weighted by Crippen LogP contribution is -2.32. The molecule has 0 saturated carbocycles. The van der Waals surface area contributed by atoms with E-state index in [1.165, 1.54) is 11.6 Å². The predicted octanol–water partition coefficient (Wildman–Crippen LogP) is 3.17. The van der Waals surface area contributed by atoms with E-state index in [0.29, 0.717) is 17.6 Å². The Morgan fingerprint density at radius 3 is 2.38 bits per heavy atom. The molecule has 0 bridgehead atoms. The first-order valence-corrected chi connectivity index (χ1v) is 7.94. The van der Waals surface area contributed by atoms with Crippen LogP contribution in [-0.4, -0.2) is 23.7 Å². The second-order valence-electron chi connectivity index (χ2n) is 6.25. The van der Waals surface area contributed by atoms with Gasteiger partial charge in [-0.15, -0.1) is 0 Å². The highest BCUT2D eigenvalue weighted by Crippen LogP contribution is 2.28. The van der Waals surface area contributed by atoms with Gasteiger partial charge in [0.2, 0.25) is 0 Å². The Bertz CT molecular complexity index is 768. The van der Waals surface area contributed by atoms with Gasteiger partial charge in [-0.3, -0.25) is 0 Å². The van der Waals surface area contributed by atoms with Gasteiger partial charge in [-0.2, -0.15) is 0 Å². The Kier molecular flexibility index (Phi) is 5.81. The van der Waals surface area contributed by atoms with Crippen LogP contribution in [0.3, 0.4) is 0 Å². The molecule has 24 heavy (non-hydrogen) atoms. The van der Waals surface area contributed by atoms with Crippen LogP contribution in [0.4, 0.5) is 10.1 Å². The molecule has 2 aromatic rings. The minimum absolute atomic E-state index is 0.308. The summed E-state index contributed by atoms with van der Waals surface area (Å²) in [4.78, 5) is 0. The minimum atomic E-state index is -1.52. The fourth-order valence-corrected chi connectivity index (χ4v) is 2.62. The predicted molar refractivity (Wildman–Crippen MR) is 99.1 cm³/mol. The SMILES string of the molecule is CC(C)=CCNc1ccc(-c2cc(C)c(B(O)O)cc2C)c(F)c1. The number of nitrogens with one attached hydrogen (secondary N) is 1. The number of halogens is 1. The molecule has 0 aliphatic rings. The number of rotatable bonds is 5. The summed E-state index contributed by atoms with van der Waals surface area (Å²) in [6.07, 6.45) is 2.04. The zero-order valence-corrected chi connectivity index (χ0v) is 14.5. The number of aryl methyl sites for hydroxylation is 2. The summed E-state index contributed by atoms with van der Waals surface area (Å²) in [6.45, 7) is 8.31. The van der Waals surface area contributed by atoms with Gasteiger partial charge in [0.05, 0.1) is 0 Å². The van der Waals surface area contributed by atoms with Crippen molar-refractivity contribution in [2.24, 2.45) is 0 Å². The number of anilines is 1. The molecule has 0 radical (unpaired) electrons. The van der Waals surface area contributed by atoms with Gasteiger partial charge in [0.1, 0.15) is 5.82 Å². The lowest BCUT2D eigenvalue weighted by molar-refractivity contribution is 0.425. The third-order valence-electron chi connectivity index (χ3n) is 3.97. The van der Waals surface area contributed by atoms with Gasteiger partial charge in [0.25, 0.3) is 0 Å². The molecule has 0 aliphatic heterocycles. The molecule has 0 atom stereocenters. The van der Waals surface area contributed by atoms with Crippen molar-refractivity contribution in [1.82, 2.24) is 0 Å². The first-order valence-electron chi connectivity index (χ1n) is 7.94. The molecule has 126 valence electrons. The van der Waals surface area contributed by atoms with Gasteiger partial charge < -0.3 is 15.4 Å². The number of benzene rings is 2. The molecular formula is C19H23BFNO2. The van der Waals surface area contributed by atoms with Gasteiger partial charge in [-0.05, 0) is 62.5 Å². The van der Waals surface area contributed by atoms with Crippen LogP contribution >= 0.6 is 0 Å². The third kappa shape index (κ3) is 4.25. The molecule has 0 aliphatic carbocycles. The summed E-state index contributed by atoms with van der Waals surface area (Å²) >= 11 is 0. The van der Waals surface area contributed by atoms with Crippen LogP contribution in [-0.2, 0) is 0 Å². The molecule has 0 unspecified atom stereocenters. The van der Waals surface area contributed by atoms with Crippen LogP contribution in [0.5, 0.6) is 0 Å². The first-order chi connectivity index (χ1) is 11.3. The molecule has 0 aromatic heterocycles. The highest BCUT2D eigenvalue weighted by molar-refractivity contribution is 6.59. The minimum Gasteiger partial charge on any atom is -0.423 e. The largest absolute Gasteiger partial charge is 0.488 e. The Morgan fingerprint density at radius 1 is 1.08 bits per heavy atom. The molecule has 0 amide bonds. The van der Waals surface area contributed by atoms with Gasteiger partial charge in [0, 0.05) is 17.8 Å². The van der Waals surface area contributed by atoms with E-state index in [2.05, 4.69) is 5.32 Å². The maximum absolute atomic E-state index is 14.5. The summed E-state index contributed by atoms with van der Waals surface area (Å²) in [7, 11) is -1.52. The molecule has 0 fully saturated rings. The van der Waals surface area contributed by atoms with E-state index in [1.54, 1.807) is 25.1 Å². The van der Waals surface area contributed by atoms with Gasteiger partial charge in [-0.1, -0.05) is 29.3 Å². The van der Waals surface area contributed by atoms with E-state index in [4.69, 9.17) is 0 Å². The zero-order chi connectivity index (χ0) is 17.9. The topological polar surface area (TPSA) is 52.5 Å². The van der Waals surface area contributed by atoms with Gasteiger partial charge in [0.15, 0.2) is 0 Å². The summed E-state index contributed by atoms with van der Waals surface area (Å²) in [6, 6.07) is 8.56. The van der Waals surface area contributed by atoms with Gasteiger partial charge >= 0.3 is 7.12 Å². The molecule has 0 heterocycles. The standard InChI is InChI=1S/C19H23BFNO2/c1-12(2)7-8-22-15-5-6-16(19(21)11-15)17-9-14(4)18(20(23)24)10-13(17)3/h5-7,9-11,22-24H,8H2,1-4H3. The van der Waals surface area contributed by atoms with Crippen molar-refractivity contribution in [3.63, 3.8) is 0 Å². The highest BCUT2D eigenvalue weighted by atomic mass is 19.1. The van der Waals surface area contributed by atoms with E-state index in [-0.39, 0.29) is 5.82 Å². The summed E-state index contributed by atoms with van der Waals surface area (Å²) < 4.78 is 14.5. The molecule has 3 N–H and O–H groups in total. The number of hydrogen-bond acceptors (Lipinski definition) is 3. The molecule has 5 heteroatoms. The van der Waals surface area contributed by atoms with Crippen LogP contribution in [0.25, 0.3) is 11.1 Å². The average Bonchev–Trinajstić information content (AvgIpc) is 2.49. The fourth-order valence-electron chi connectivity index (χ4n) is 2.62. The average molecular weight is 327 g/mol. The molecule has 0 spiro atoms. The maximum atomic E-state index is 14.5.